The Morgan fingerprint density at radius 1 is 1.16 bits per heavy atom. The Morgan fingerprint density at radius 3 is 2.68 bits per heavy atom. The molecule has 96 valence electrons. The molecule has 1 aromatic carbocycles. The van der Waals surface area contributed by atoms with E-state index in [-0.39, 0.29) is 0 Å². The number of fused-ring (bicyclic) bond motifs is 1. The molecular formula is C14H13BrN4. The van der Waals surface area contributed by atoms with Crippen LogP contribution < -0.4 is 5.32 Å². The smallest absolute Gasteiger partial charge is 0.155 e. The number of hydrogen-bond donors (Lipinski definition) is 1. The van der Waals surface area contributed by atoms with Crippen LogP contribution in [0, 0.1) is 0 Å². The molecule has 2 heterocycles. The largest absolute Gasteiger partial charge is 0.372 e. The third kappa shape index (κ3) is 2.33. The maximum absolute atomic E-state index is 4.61. The fourth-order valence-electron chi connectivity index (χ4n) is 1.99. The van der Waals surface area contributed by atoms with E-state index in [0.717, 1.165) is 28.2 Å². The summed E-state index contributed by atoms with van der Waals surface area (Å²) in [6, 6.07) is 14.2. The van der Waals surface area contributed by atoms with Crippen LogP contribution in [0.25, 0.3) is 5.65 Å². The van der Waals surface area contributed by atoms with Gasteiger partial charge in [0.25, 0.3) is 0 Å². The van der Waals surface area contributed by atoms with E-state index >= 15 is 0 Å². The van der Waals surface area contributed by atoms with Gasteiger partial charge < -0.3 is 5.32 Å². The number of anilines is 1. The Bertz CT molecular complexity index is 706. The summed E-state index contributed by atoms with van der Waals surface area (Å²) in [6.07, 6.45) is 0.791. The van der Waals surface area contributed by atoms with Crippen molar-refractivity contribution in [3.63, 3.8) is 0 Å². The van der Waals surface area contributed by atoms with E-state index in [2.05, 4.69) is 43.5 Å². The molecule has 0 aliphatic heterocycles. The van der Waals surface area contributed by atoms with Crippen molar-refractivity contribution >= 4 is 27.4 Å². The lowest BCUT2D eigenvalue weighted by atomic mass is 10.1. The fourth-order valence-corrected chi connectivity index (χ4v) is 2.48. The molecule has 0 spiro atoms. The minimum Gasteiger partial charge on any atom is -0.372 e. The molecule has 0 amide bonds. The number of aromatic nitrogens is 3. The van der Waals surface area contributed by atoms with Crippen LogP contribution in [0.1, 0.15) is 11.3 Å². The van der Waals surface area contributed by atoms with Crippen LogP contribution in [0.3, 0.4) is 0 Å². The molecular weight excluding hydrogens is 304 g/mol. The zero-order valence-electron chi connectivity index (χ0n) is 10.5. The molecule has 1 N–H and O–H groups in total. The zero-order valence-corrected chi connectivity index (χ0v) is 12.1. The molecule has 0 radical (unpaired) electrons. The Morgan fingerprint density at radius 2 is 1.95 bits per heavy atom. The number of nitrogens with zero attached hydrogens (tertiary/aromatic N) is 3. The molecule has 0 aliphatic rings. The van der Waals surface area contributed by atoms with Crippen LogP contribution in [-0.2, 0) is 6.42 Å². The van der Waals surface area contributed by atoms with Crippen LogP contribution in [0.15, 0.2) is 47.1 Å². The molecule has 2 aromatic heterocycles. The first-order valence-corrected chi connectivity index (χ1v) is 6.83. The molecule has 4 nitrogen and oxygen atoms in total. The van der Waals surface area contributed by atoms with Gasteiger partial charge in [-0.25, -0.2) is 9.50 Å². The number of benzene rings is 1. The average Bonchev–Trinajstić information content (AvgIpc) is 2.76. The van der Waals surface area contributed by atoms with E-state index in [9.17, 15) is 0 Å². The summed E-state index contributed by atoms with van der Waals surface area (Å²) in [4.78, 5) is 4.61. The van der Waals surface area contributed by atoms with Gasteiger partial charge in [0.2, 0.25) is 0 Å². The summed E-state index contributed by atoms with van der Waals surface area (Å²) in [5.41, 5.74) is 3.07. The second-order valence-electron chi connectivity index (χ2n) is 4.25. The first-order valence-electron chi connectivity index (χ1n) is 6.04. The lowest BCUT2D eigenvalue weighted by molar-refractivity contribution is 0.913. The standard InChI is InChI=1S/C14H13BrN4/c1-16-12-7-8-13-17-11(14(15)19(13)18-12)9-10-5-3-2-4-6-10/h2-8H,9H2,1H3,(H,16,18). The Labute approximate surface area is 119 Å². The highest BCUT2D eigenvalue weighted by Gasteiger charge is 2.11. The third-order valence-corrected chi connectivity index (χ3v) is 3.75. The minimum atomic E-state index is 0.791. The molecule has 0 unspecified atom stereocenters. The van der Waals surface area contributed by atoms with Crippen molar-refractivity contribution in [1.29, 1.82) is 0 Å². The maximum atomic E-state index is 4.61. The minimum absolute atomic E-state index is 0.791. The SMILES string of the molecule is CNc1ccc2nc(Cc3ccccc3)c(Br)n2n1. The lowest BCUT2D eigenvalue weighted by Crippen LogP contribution is -1.98. The van der Waals surface area contributed by atoms with Gasteiger partial charge in [0.05, 0.1) is 5.69 Å². The van der Waals surface area contributed by atoms with Crippen LogP contribution in [0.2, 0.25) is 0 Å². The molecule has 0 aliphatic carbocycles. The van der Waals surface area contributed by atoms with Gasteiger partial charge in [-0.15, -0.1) is 5.10 Å². The number of nitrogens with one attached hydrogen (secondary N) is 1. The lowest BCUT2D eigenvalue weighted by Gasteiger charge is -2.00. The average molecular weight is 317 g/mol. The molecule has 0 bridgehead atoms. The van der Waals surface area contributed by atoms with Crippen molar-refractivity contribution in [2.24, 2.45) is 0 Å². The van der Waals surface area contributed by atoms with Crippen LogP contribution in [0.5, 0.6) is 0 Å². The highest BCUT2D eigenvalue weighted by molar-refractivity contribution is 9.10. The van der Waals surface area contributed by atoms with Gasteiger partial charge >= 0.3 is 0 Å². The maximum Gasteiger partial charge on any atom is 0.155 e. The van der Waals surface area contributed by atoms with Crippen LogP contribution in [0.4, 0.5) is 5.82 Å². The quantitative estimate of drug-likeness (QED) is 0.807. The van der Waals surface area contributed by atoms with E-state index in [1.165, 1.54) is 5.56 Å². The van der Waals surface area contributed by atoms with Crippen LogP contribution in [-0.4, -0.2) is 21.6 Å². The van der Waals surface area contributed by atoms with Gasteiger partial charge in [0, 0.05) is 13.5 Å². The molecule has 0 saturated heterocycles. The zero-order chi connectivity index (χ0) is 13.2. The van der Waals surface area contributed by atoms with Crippen molar-refractivity contribution in [3.8, 4) is 0 Å². The van der Waals surface area contributed by atoms with Crippen molar-refractivity contribution in [1.82, 2.24) is 14.6 Å². The predicted octanol–water partition coefficient (Wildman–Crippen LogP) is 3.12. The Balaban J connectivity index is 2.03. The summed E-state index contributed by atoms with van der Waals surface area (Å²) in [5, 5.41) is 7.48. The monoisotopic (exact) mass is 316 g/mol. The van der Waals surface area contributed by atoms with E-state index in [0.29, 0.717) is 0 Å². The van der Waals surface area contributed by atoms with Crippen molar-refractivity contribution in [2.45, 2.75) is 6.42 Å². The molecule has 5 heteroatoms. The normalized spacial score (nSPS) is 10.8. The first-order chi connectivity index (χ1) is 9.28. The second kappa shape index (κ2) is 5.01. The first kappa shape index (κ1) is 12.2. The fraction of sp³-hybridized carbons (Fsp3) is 0.143. The molecule has 0 fully saturated rings. The number of rotatable bonds is 3. The molecule has 19 heavy (non-hydrogen) atoms. The predicted molar refractivity (Wildman–Crippen MR) is 79.5 cm³/mol. The van der Waals surface area contributed by atoms with E-state index in [1.54, 1.807) is 0 Å². The summed E-state index contributed by atoms with van der Waals surface area (Å²) < 4.78 is 2.72. The number of imidazole rings is 1. The highest BCUT2D eigenvalue weighted by atomic mass is 79.9. The van der Waals surface area contributed by atoms with E-state index < -0.39 is 0 Å². The van der Waals surface area contributed by atoms with Gasteiger partial charge in [0.1, 0.15) is 10.4 Å². The summed E-state index contributed by atoms with van der Waals surface area (Å²) in [7, 11) is 1.85. The summed E-state index contributed by atoms with van der Waals surface area (Å²) in [6.45, 7) is 0. The Kier molecular flexibility index (Phi) is 3.21. The number of hydrogen-bond acceptors (Lipinski definition) is 3. The van der Waals surface area contributed by atoms with Crippen molar-refractivity contribution < 1.29 is 0 Å². The topological polar surface area (TPSA) is 42.2 Å². The third-order valence-electron chi connectivity index (χ3n) is 2.96. The van der Waals surface area contributed by atoms with Gasteiger partial charge in [0.15, 0.2) is 5.65 Å². The van der Waals surface area contributed by atoms with Crippen molar-refractivity contribution in [3.05, 3.63) is 58.3 Å². The van der Waals surface area contributed by atoms with E-state index in [4.69, 9.17) is 0 Å². The molecule has 3 rings (SSSR count). The van der Waals surface area contributed by atoms with Gasteiger partial charge in [-0.2, -0.15) is 0 Å². The summed E-state index contributed by atoms with van der Waals surface area (Å²) >= 11 is 3.58. The van der Waals surface area contributed by atoms with E-state index in [1.807, 2.05) is 41.9 Å². The molecule has 3 aromatic rings. The Hall–Kier alpha value is -1.88. The van der Waals surface area contributed by atoms with Gasteiger partial charge in [-0.1, -0.05) is 30.3 Å². The second-order valence-corrected chi connectivity index (χ2v) is 5.00. The van der Waals surface area contributed by atoms with Gasteiger partial charge in [-0.3, -0.25) is 0 Å². The van der Waals surface area contributed by atoms with Crippen LogP contribution >= 0.6 is 15.9 Å². The molecule has 0 saturated carbocycles. The number of halogens is 1. The van der Waals surface area contributed by atoms with Crippen molar-refractivity contribution in [2.75, 3.05) is 12.4 Å². The van der Waals surface area contributed by atoms with Gasteiger partial charge in [-0.05, 0) is 33.6 Å². The highest BCUT2D eigenvalue weighted by Crippen LogP contribution is 2.21. The summed E-state index contributed by atoms with van der Waals surface area (Å²) in [5.74, 6) is 0.817. The molecule has 0 atom stereocenters.